The summed E-state index contributed by atoms with van der Waals surface area (Å²) in [6.07, 6.45) is 5.57. The summed E-state index contributed by atoms with van der Waals surface area (Å²) in [5, 5.41) is 3.72. The summed E-state index contributed by atoms with van der Waals surface area (Å²) in [6, 6.07) is 0. The Morgan fingerprint density at radius 2 is 1.85 bits per heavy atom. The lowest BCUT2D eigenvalue weighted by molar-refractivity contribution is 0.143. The fourth-order valence-electron chi connectivity index (χ4n) is 2.59. The van der Waals surface area contributed by atoms with E-state index in [1.807, 2.05) is 0 Å². The summed E-state index contributed by atoms with van der Waals surface area (Å²) in [5.41, 5.74) is 0.460. The van der Waals surface area contributed by atoms with Crippen LogP contribution in [0.2, 0.25) is 0 Å². The van der Waals surface area contributed by atoms with Gasteiger partial charge in [0.05, 0.1) is 0 Å². The van der Waals surface area contributed by atoms with Crippen molar-refractivity contribution in [2.75, 3.05) is 6.54 Å². The maximum Gasteiger partial charge on any atom is 0.0204 e. The molecule has 1 aliphatic rings. The third kappa shape index (κ3) is 2.46. The van der Waals surface area contributed by atoms with Crippen molar-refractivity contribution in [3.63, 3.8) is 0 Å². The van der Waals surface area contributed by atoms with E-state index in [1.165, 1.54) is 25.7 Å². The van der Waals surface area contributed by atoms with Crippen molar-refractivity contribution >= 4 is 0 Å². The Bertz CT molecular complexity index is 143. The molecule has 0 aliphatic heterocycles. The number of nitrogens with one attached hydrogen (secondary N) is 1. The fourth-order valence-corrected chi connectivity index (χ4v) is 2.59. The van der Waals surface area contributed by atoms with E-state index in [-0.39, 0.29) is 0 Å². The lowest BCUT2D eigenvalue weighted by Crippen LogP contribution is -2.51. The van der Waals surface area contributed by atoms with Crippen molar-refractivity contribution in [2.45, 2.75) is 58.9 Å². The first-order valence-corrected chi connectivity index (χ1v) is 5.85. The zero-order chi connectivity index (χ0) is 9.90. The molecule has 1 rings (SSSR count). The van der Waals surface area contributed by atoms with Crippen LogP contribution in [0, 0.1) is 11.8 Å². The van der Waals surface area contributed by atoms with Gasteiger partial charge in [-0.1, -0.05) is 27.7 Å². The van der Waals surface area contributed by atoms with Gasteiger partial charge in [-0.3, -0.25) is 0 Å². The topological polar surface area (TPSA) is 12.0 Å². The SMILES string of the molecule is CCNC1(C(C)C)CCC(C)CC1. The molecule has 1 nitrogen and oxygen atoms in total. The lowest BCUT2D eigenvalue weighted by atomic mass is 9.71. The molecule has 1 aliphatic carbocycles. The molecule has 0 unspecified atom stereocenters. The predicted molar refractivity (Wildman–Crippen MR) is 58.9 cm³/mol. The van der Waals surface area contributed by atoms with Crippen LogP contribution < -0.4 is 5.32 Å². The Labute approximate surface area is 83.3 Å². The Kier molecular flexibility index (Phi) is 3.78. The minimum Gasteiger partial charge on any atom is -0.311 e. The number of rotatable bonds is 3. The van der Waals surface area contributed by atoms with E-state index >= 15 is 0 Å². The second-order valence-electron chi connectivity index (χ2n) is 5.02. The van der Waals surface area contributed by atoms with Crippen LogP contribution >= 0.6 is 0 Å². The molecule has 1 fully saturated rings. The summed E-state index contributed by atoms with van der Waals surface area (Å²) in [7, 11) is 0. The largest absolute Gasteiger partial charge is 0.311 e. The molecule has 13 heavy (non-hydrogen) atoms. The minimum atomic E-state index is 0.460. The average Bonchev–Trinajstić information content (AvgIpc) is 2.09. The highest BCUT2D eigenvalue weighted by Crippen LogP contribution is 2.36. The van der Waals surface area contributed by atoms with Crippen LogP contribution in [-0.2, 0) is 0 Å². The lowest BCUT2D eigenvalue weighted by Gasteiger charge is -2.43. The second kappa shape index (κ2) is 4.45. The van der Waals surface area contributed by atoms with Gasteiger partial charge in [-0.2, -0.15) is 0 Å². The molecular weight excluding hydrogens is 158 g/mol. The Hall–Kier alpha value is -0.0400. The molecule has 0 spiro atoms. The van der Waals surface area contributed by atoms with Gasteiger partial charge in [0.25, 0.3) is 0 Å². The van der Waals surface area contributed by atoms with Crippen molar-refractivity contribution in [2.24, 2.45) is 11.8 Å². The van der Waals surface area contributed by atoms with Crippen molar-refractivity contribution in [3.05, 3.63) is 0 Å². The van der Waals surface area contributed by atoms with Gasteiger partial charge in [0.2, 0.25) is 0 Å². The maximum absolute atomic E-state index is 3.72. The molecule has 0 aromatic rings. The molecular formula is C12H25N. The Morgan fingerprint density at radius 3 is 2.23 bits per heavy atom. The molecule has 78 valence electrons. The van der Waals surface area contributed by atoms with Crippen molar-refractivity contribution in [3.8, 4) is 0 Å². The van der Waals surface area contributed by atoms with E-state index in [1.54, 1.807) is 0 Å². The van der Waals surface area contributed by atoms with E-state index in [2.05, 4.69) is 33.0 Å². The molecule has 0 saturated heterocycles. The first-order valence-electron chi connectivity index (χ1n) is 5.85. The normalized spacial score (nSPS) is 35.3. The summed E-state index contributed by atoms with van der Waals surface area (Å²) >= 11 is 0. The zero-order valence-corrected chi connectivity index (χ0v) is 9.69. The van der Waals surface area contributed by atoms with Crippen LogP contribution in [-0.4, -0.2) is 12.1 Å². The number of hydrogen-bond donors (Lipinski definition) is 1. The van der Waals surface area contributed by atoms with Gasteiger partial charge in [-0.25, -0.2) is 0 Å². The Morgan fingerprint density at radius 1 is 1.31 bits per heavy atom. The average molecular weight is 183 g/mol. The highest BCUT2D eigenvalue weighted by Gasteiger charge is 2.35. The fraction of sp³-hybridized carbons (Fsp3) is 1.00. The third-order valence-electron chi connectivity index (χ3n) is 3.80. The quantitative estimate of drug-likeness (QED) is 0.708. The van der Waals surface area contributed by atoms with E-state index < -0.39 is 0 Å². The van der Waals surface area contributed by atoms with E-state index in [0.717, 1.165) is 18.4 Å². The molecule has 0 bridgehead atoms. The summed E-state index contributed by atoms with van der Waals surface area (Å²) < 4.78 is 0. The van der Waals surface area contributed by atoms with Gasteiger partial charge in [-0.05, 0) is 44.1 Å². The summed E-state index contributed by atoms with van der Waals surface area (Å²) in [4.78, 5) is 0. The third-order valence-corrected chi connectivity index (χ3v) is 3.80. The monoisotopic (exact) mass is 183 g/mol. The van der Waals surface area contributed by atoms with Crippen molar-refractivity contribution in [1.29, 1.82) is 0 Å². The minimum absolute atomic E-state index is 0.460. The molecule has 0 aromatic heterocycles. The van der Waals surface area contributed by atoms with Crippen molar-refractivity contribution < 1.29 is 0 Å². The molecule has 0 radical (unpaired) electrons. The predicted octanol–water partition coefficient (Wildman–Crippen LogP) is 3.20. The van der Waals surface area contributed by atoms with Crippen LogP contribution in [0.3, 0.4) is 0 Å². The van der Waals surface area contributed by atoms with Gasteiger partial charge in [-0.15, -0.1) is 0 Å². The van der Waals surface area contributed by atoms with Crippen LogP contribution in [0.1, 0.15) is 53.4 Å². The molecule has 0 amide bonds. The summed E-state index contributed by atoms with van der Waals surface area (Å²) in [5.74, 6) is 1.73. The van der Waals surface area contributed by atoms with E-state index in [0.29, 0.717) is 5.54 Å². The second-order valence-corrected chi connectivity index (χ2v) is 5.02. The first kappa shape index (κ1) is 11.0. The molecule has 0 heterocycles. The van der Waals surface area contributed by atoms with Gasteiger partial charge < -0.3 is 5.32 Å². The highest BCUT2D eigenvalue weighted by atomic mass is 15.0. The van der Waals surface area contributed by atoms with Crippen LogP contribution in [0.15, 0.2) is 0 Å². The molecule has 0 aromatic carbocycles. The Balaban J connectivity index is 2.58. The van der Waals surface area contributed by atoms with Gasteiger partial charge >= 0.3 is 0 Å². The molecule has 1 N–H and O–H groups in total. The molecule has 1 heteroatoms. The van der Waals surface area contributed by atoms with E-state index in [9.17, 15) is 0 Å². The van der Waals surface area contributed by atoms with Gasteiger partial charge in [0, 0.05) is 5.54 Å². The zero-order valence-electron chi connectivity index (χ0n) is 9.69. The highest BCUT2D eigenvalue weighted by molar-refractivity contribution is 4.94. The smallest absolute Gasteiger partial charge is 0.0204 e. The van der Waals surface area contributed by atoms with E-state index in [4.69, 9.17) is 0 Å². The van der Waals surface area contributed by atoms with Crippen LogP contribution in [0.25, 0.3) is 0 Å². The standard InChI is InChI=1S/C12H25N/c1-5-13-12(10(2)3)8-6-11(4)7-9-12/h10-11,13H,5-9H2,1-4H3. The van der Waals surface area contributed by atoms with Gasteiger partial charge in [0.1, 0.15) is 0 Å². The molecule has 1 saturated carbocycles. The van der Waals surface area contributed by atoms with Crippen molar-refractivity contribution in [1.82, 2.24) is 5.32 Å². The first-order chi connectivity index (χ1) is 6.10. The summed E-state index contributed by atoms with van der Waals surface area (Å²) in [6.45, 7) is 10.4. The van der Waals surface area contributed by atoms with Gasteiger partial charge in [0.15, 0.2) is 0 Å². The number of hydrogen-bond acceptors (Lipinski definition) is 1. The van der Waals surface area contributed by atoms with Crippen LogP contribution in [0.5, 0.6) is 0 Å². The van der Waals surface area contributed by atoms with Crippen LogP contribution in [0.4, 0.5) is 0 Å². The molecule has 0 atom stereocenters. The maximum atomic E-state index is 3.72.